The Morgan fingerprint density at radius 2 is 1.88 bits per heavy atom. The van der Waals surface area contributed by atoms with Crippen molar-refractivity contribution in [3.63, 3.8) is 0 Å². The number of pyridine rings is 1. The van der Waals surface area contributed by atoms with Gasteiger partial charge in [0.15, 0.2) is 0 Å². The second-order valence-corrected chi connectivity index (χ2v) is 7.62. The van der Waals surface area contributed by atoms with Crippen LogP contribution in [0.1, 0.15) is 22.8 Å². The fourth-order valence-corrected chi connectivity index (χ4v) is 3.69. The summed E-state index contributed by atoms with van der Waals surface area (Å²) in [6, 6.07) is 13.9. The molecule has 134 valence electrons. The molecule has 6 nitrogen and oxygen atoms in total. The monoisotopic (exact) mass is 369 g/mol. The van der Waals surface area contributed by atoms with E-state index in [9.17, 15) is 13.2 Å². The van der Waals surface area contributed by atoms with Gasteiger partial charge in [-0.1, -0.05) is 31.2 Å². The number of fused-ring (bicyclic) bond motifs is 1. The molecule has 0 aliphatic heterocycles. The van der Waals surface area contributed by atoms with Gasteiger partial charge in [-0.15, -0.1) is 0 Å². The second kappa shape index (κ2) is 7.23. The third kappa shape index (κ3) is 3.74. The second-order valence-electron chi connectivity index (χ2n) is 5.85. The van der Waals surface area contributed by atoms with Crippen LogP contribution in [0.3, 0.4) is 0 Å². The Morgan fingerprint density at radius 1 is 1.12 bits per heavy atom. The summed E-state index contributed by atoms with van der Waals surface area (Å²) in [7, 11) is -3.63. The molecule has 0 atom stereocenters. The number of hydrogen-bond acceptors (Lipinski definition) is 4. The SMILES string of the molecule is CCNS(=O)(=O)c1ccc(C)c(C(=O)Nc2cnc3ccccc3c2)c1. The van der Waals surface area contributed by atoms with Crippen LogP contribution in [0.2, 0.25) is 0 Å². The van der Waals surface area contributed by atoms with Crippen LogP contribution in [-0.4, -0.2) is 25.9 Å². The number of rotatable bonds is 5. The van der Waals surface area contributed by atoms with Crippen LogP contribution >= 0.6 is 0 Å². The number of amides is 1. The number of anilines is 1. The molecule has 3 rings (SSSR count). The molecule has 0 saturated carbocycles. The van der Waals surface area contributed by atoms with E-state index in [2.05, 4.69) is 15.0 Å². The van der Waals surface area contributed by atoms with E-state index in [1.807, 2.05) is 30.3 Å². The van der Waals surface area contributed by atoms with Crippen LogP contribution in [0, 0.1) is 6.92 Å². The summed E-state index contributed by atoms with van der Waals surface area (Å²) in [5.74, 6) is -0.381. The topological polar surface area (TPSA) is 88.2 Å². The summed E-state index contributed by atoms with van der Waals surface area (Å²) in [6.45, 7) is 3.74. The summed E-state index contributed by atoms with van der Waals surface area (Å²) in [5, 5.41) is 3.69. The third-order valence-electron chi connectivity index (χ3n) is 3.95. The van der Waals surface area contributed by atoms with Crippen LogP contribution in [0.4, 0.5) is 5.69 Å². The average Bonchev–Trinajstić information content (AvgIpc) is 2.61. The van der Waals surface area contributed by atoms with Crippen LogP contribution in [0.25, 0.3) is 10.9 Å². The Labute approximate surface area is 152 Å². The van der Waals surface area contributed by atoms with E-state index in [-0.39, 0.29) is 17.3 Å². The molecule has 0 fully saturated rings. The Morgan fingerprint density at radius 3 is 2.65 bits per heavy atom. The molecular formula is C19H19N3O3S. The highest BCUT2D eigenvalue weighted by Gasteiger charge is 2.17. The standard InChI is InChI=1S/C19H19N3O3S/c1-3-21-26(24,25)16-9-8-13(2)17(11-16)19(23)22-15-10-14-6-4-5-7-18(14)20-12-15/h4-12,21H,3H2,1-2H3,(H,22,23). The van der Waals surface area contributed by atoms with Crippen molar-refractivity contribution < 1.29 is 13.2 Å². The van der Waals surface area contributed by atoms with E-state index in [1.54, 1.807) is 26.1 Å². The lowest BCUT2D eigenvalue weighted by atomic mass is 10.1. The molecule has 2 aromatic carbocycles. The van der Waals surface area contributed by atoms with Gasteiger partial charge in [-0.25, -0.2) is 13.1 Å². The first-order chi connectivity index (χ1) is 12.4. The molecule has 0 spiro atoms. The lowest BCUT2D eigenvalue weighted by Gasteiger charge is -2.11. The molecule has 0 saturated heterocycles. The minimum atomic E-state index is -3.63. The fraction of sp³-hybridized carbons (Fsp3) is 0.158. The smallest absolute Gasteiger partial charge is 0.256 e. The van der Waals surface area contributed by atoms with Crippen molar-refractivity contribution in [1.29, 1.82) is 0 Å². The Balaban J connectivity index is 1.91. The van der Waals surface area contributed by atoms with Crippen LogP contribution in [0.5, 0.6) is 0 Å². The molecule has 2 N–H and O–H groups in total. The minimum absolute atomic E-state index is 0.0618. The quantitative estimate of drug-likeness (QED) is 0.723. The maximum atomic E-state index is 12.7. The highest BCUT2D eigenvalue weighted by Crippen LogP contribution is 2.19. The zero-order valence-corrected chi connectivity index (χ0v) is 15.3. The van der Waals surface area contributed by atoms with Gasteiger partial charge in [-0.2, -0.15) is 0 Å². The maximum Gasteiger partial charge on any atom is 0.256 e. The first-order valence-corrected chi connectivity index (χ1v) is 9.65. The molecule has 0 bridgehead atoms. The maximum absolute atomic E-state index is 12.7. The number of aromatic nitrogens is 1. The van der Waals surface area contributed by atoms with Crippen LogP contribution < -0.4 is 10.0 Å². The van der Waals surface area contributed by atoms with E-state index in [0.29, 0.717) is 16.8 Å². The largest absolute Gasteiger partial charge is 0.321 e. The normalized spacial score (nSPS) is 11.5. The molecule has 7 heteroatoms. The molecule has 3 aromatic rings. The summed E-state index contributed by atoms with van der Waals surface area (Å²) in [5.41, 5.74) is 2.37. The van der Waals surface area contributed by atoms with E-state index < -0.39 is 10.0 Å². The van der Waals surface area contributed by atoms with Gasteiger partial charge >= 0.3 is 0 Å². The van der Waals surface area contributed by atoms with Gasteiger partial charge in [-0.3, -0.25) is 9.78 Å². The predicted octanol–water partition coefficient (Wildman–Crippen LogP) is 3.09. The van der Waals surface area contributed by atoms with Crippen LogP contribution in [-0.2, 0) is 10.0 Å². The number of benzene rings is 2. The first kappa shape index (κ1) is 18.0. The van der Waals surface area contributed by atoms with Crippen molar-refractivity contribution in [1.82, 2.24) is 9.71 Å². The fourth-order valence-electron chi connectivity index (χ4n) is 2.62. The summed E-state index contributed by atoms with van der Waals surface area (Å²) >= 11 is 0. The van der Waals surface area contributed by atoms with Crippen molar-refractivity contribution in [3.05, 3.63) is 65.9 Å². The Hall–Kier alpha value is -2.77. The number of aryl methyl sites for hydroxylation is 1. The Bertz CT molecular complexity index is 1080. The molecule has 0 unspecified atom stereocenters. The lowest BCUT2D eigenvalue weighted by molar-refractivity contribution is 0.102. The van der Waals surface area contributed by atoms with Gasteiger partial charge in [-0.05, 0) is 36.8 Å². The van der Waals surface area contributed by atoms with Crippen molar-refractivity contribution in [2.75, 3.05) is 11.9 Å². The number of para-hydroxylation sites is 1. The van der Waals surface area contributed by atoms with Crippen LogP contribution in [0.15, 0.2) is 59.6 Å². The average molecular weight is 369 g/mol. The zero-order chi connectivity index (χ0) is 18.7. The summed E-state index contributed by atoms with van der Waals surface area (Å²) < 4.78 is 26.8. The minimum Gasteiger partial charge on any atom is -0.321 e. The first-order valence-electron chi connectivity index (χ1n) is 8.17. The van der Waals surface area contributed by atoms with Gasteiger partial charge in [0.2, 0.25) is 10.0 Å². The number of carbonyl (C=O) groups excluding carboxylic acids is 1. The predicted molar refractivity (Wildman–Crippen MR) is 102 cm³/mol. The van der Waals surface area contributed by atoms with E-state index in [1.165, 1.54) is 12.1 Å². The molecule has 1 amide bonds. The molecular weight excluding hydrogens is 350 g/mol. The Kier molecular flexibility index (Phi) is 5.01. The molecule has 0 aliphatic rings. The molecule has 0 aliphatic carbocycles. The van der Waals surface area contributed by atoms with E-state index in [4.69, 9.17) is 0 Å². The highest BCUT2D eigenvalue weighted by molar-refractivity contribution is 7.89. The van der Waals surface area contributed by atoms with Gasteiger partial charge < -0.3 is 5.32 Å². The molecule has 1 heterocycles. The van der Waals surface area contributed by atoms with Gasteiger partial charge in [0, 0.05) is 17.5 Å². The van der Waals surface area contributed by atoms with Crippen molar-refractivity contribution in [2.45, 2.75) is 18.7 Å². The number of carbonyl (C=O) groups is 1. The number of sulfonamides is 1. The van der Waals surface area contributed by atoms with Crippen molar-refractivity contribution >= 4 is 32.5 Å². The lowest BCUT2D eigenvalue weighted by Crippen LogP contribution is -2.24. The molecule has 0 radical (unpaired) electrons. The highest BCUT2D eigenvalue weighted by atomic mass is 32.2. The zero-order valence-electron chi connectivity index (χ0n) is 14.5. The summed E-state index contributed by atoms with van der Waals surface area (Å²) in [4.78, 5) is 17.0. The van der Waals surface area contributed by atoms with Crippen molar-refractivity contribution in [2.24, 2.45) is 0 Å². The number of hydrogen-bond donors (Lipinski definition) is 2. The third-order valence-corrected chi connectivity index (χ3v) is 5.49. The summed E-state index contributed by atoms with van der Waals surface area (Å²) in [6.07, 6.45) is 1.58. The van der Waals surface area contributed by atoms with Gasteiger partial charge in [0.25, 0.3) is 5.91 Å². The molecule has 1 aromatic heterocycles. The van der Waals surface area contributed by atoms with E-state index >= 15 is 0 Å². The number of nitrogens with one attached hydrogen (secondary N) is 2. The van der Waals surface area contributed by atoms with Gasteiger partial charge in [0.1, 0.15) is 0 Å². The van der Waals surface area contributed by atoms with E-state index in [0.717, 1.165) is 10.9 Å². The molecule has 26 heavy (non-hydrogen) atoms. The number of nitrogens with zero attached hydrogens (tertiary/aromatic N) is 1. The van der Waals surface area contributed by atoms with Gasteiger partial charge in [0.05, 0.1) is 22.3 Å². The van der Waals surface area contributed by atoms with Crippen molar-refractivity contribution in [3.8, 4) is 0 Å².